The molecule has 1 aromatic heterocycles. The lowest BCUT2D eigenvalue weighted by atomic mass is 10.2. The molecule has 0 bridgehead atoms. The summed E-state index contributed by atoms with van der Waals surface area (Å²) in [5.74, 6) is 1.85. The molecule has 156 valence electrons. The second kappa shape index (κ2) is 10.4. The number of hydrogen-bond acceptors (Lipinski definition) is 8. The zero-order valence-electron chi connectivity index (χ0n) is 16.2. The molecule has 0 saturated carbocycles. The zero-order valence-corrected chi connectivity index (χ0v) is 17.9. The van der Waals surface area contributed by atoms with Crippen LogP contribution in [0.1, 0.15) is 12.8 Å². The van der Waals surface area contributed by atoms with Crippen LogP contribution in [-0.4, -0.2) is 41.1 Å². The Kier molecular flexibility index (Phi) is 7.17. The Morgan fingerprint density at radius 3 is 2.70 bits per heavy atom. The molecule has 30 heavy (non-hydrogen) atoms. The van der Waals surface area contributed by atoms with Crippen molar-refractivity contribution in [1.29, 1.82) is 0 Å². The third-order valence-corrected chi connectivity index (χ3v) is 6.34. The second-order valence-corrected chi connectivity index (χ2v) is 8.87. The van der Waals surface area contributed by atoms with E-state index in [1.165, 1.54) is 23.1 Å². The first-order valence-electron chi connectivity index (χ1n) is 9.69. The molecular weight excluding hydrogens is 420 g/mol. The lowest BCUT2D eigenvalue weighted by molar-refractivity contribution is -0.119. The summed E-state index contributed by atoms with van der Waals surface area (Å²) < 4.78 is 12.0. The van der Waals surface area contributed by atoms with Crippen molar-refractivity contribution in [1.82, 2.24) is 15.5 Å². The summed E-state index contributed by atoms with van der Waals surface area (Å²) in [5.41, 5.74) is 0.886. The summed E-state index contributed by atoms with van der Waals surface area (Å²) in [4.78, 5) is 12.0. The van der Waals surface area contributed by atoms with Crippen molar-refractivity contribution in [2.24, 2.45) is 0 Å². The smallest absolute Gasteiger partial charge is 0.230 e. The van der Waals surface area contributed by atoms with E-state index in [4.69, 9.17) is 9.47 Å². The van der Waals surface area contributed by atoms with Crippen molar-refractivity contribution in [2.45, 2.75) is 23.3 Å². The van der Waals surface area contributed by atoms with E-state index < -0.39 is 0 Å². The summed E-state index contributed by atoms with van der Waals surface area (Å²) >= 11 is 2.79. The van der Waals surface area contributed by atoms with Gasteiger partial charge in [-0.1, -0.05) is 41.3 Å². The van der Waals surface area contributed by atoms with Gasteiger partial charge in [0.2, 0.25) is 11.0 Å². The number of carbonyl (C=O) groups excluding carboxylic acids is 1. The number of rotatable bonds is 9. The fourth-order valence-electron chi connectivity index (χ4n) is 2.88. The molecule has 0 unspecified atom stereocenters. The number of ether oxygens (including phenoxy) is 2. The van der Waals surface area contributed by atoms with Gasteiger partial charge in [0, 0.05) is 18.8 Å². The Balaban J connectivity index is 1.22. The van der Waals surface area contributed by atoms with Gasteiger partial charge in [-0.2, -0.15) is 0 Å². The molecule has 9 heteroatoms. The molecule has 2 heterocycles. The minimum atomic E-state index is -0.0192. The topological polar surface area (TPSA) is 85.4 Å². The third-order valence-electron chi connectivity index (χ3n) is 4.37. The number of carbonyl (C=O) groups is 1. The van der Waals surface area contributed by atoms with Gasteiger partial charge in [-0.05, 0) is 49.2 Å². The van der Waals surface area contributed by atoms with Crippen molar-refractivity contribution in [3.05, 3.63) is 54.6 Å². The van der Waals surface area contributed by atoms with Crippen LogP contribution >= 0.6 is 23.1 Å². The van der Waals surface area contributed by atoms with Gasteiger partial charge in [-0.15, -0.1) is 10.2 Å². The van der Waals surface area contributed by atoms with Crippen molar-refractivity contribution in [3.63, 3.8) is 0 Å². The molecule has 3 aromatic rings. The van der Waals surface area contributed by atoms with Crippen LogP contribution in [0.2, 0.25) is 0 Å². The van der Waals surface area contributed by atoms with Crippen molar-refractivity contribution in [2.75, 3.05) is 24.2 Å². The number of aromatic nitrogens is 2. The Morgan fingerprint density at radius 2 is 1.93 bits per heavy atom. The fourth-order valence-corrected chi connectivity index (χ4v) is 4.49. The van der Waals surface area contributed by atoms with E-state index in [0.29, 0.717) is 17.4 Å². The predicted molar refractivity (Wildman–Crippen MR) is 119 cm³/mol. The maximum Gasteiger partial charge on any atom is 0.230 e. The quantitative estimate of drug-likeness (QED) is 0.473. The Morgan fingerprint density at radius 1 is 1.13 bits per heavy atom. The van der Waals surface area contributed by atoms with Crippen LogP contribution in [0.5, 0.6) is 11.5 Å². The molecule has 7 nitrogen and oxygen atoms in total. The van der Waals surface area contributed by atoms with Crippen LogP contribution in [0.3, 0.4) is 0 Å². The van der Waals surface area contributed by atoms with E-state index in [-0.39, 0.29) is 12.0 Å². The minimum Gasteiger partial charge on any atom is -0.457 e. The zero-order chi connectivity index (χ0) is 20.6. The number of hydrogen-bond donors (Lipinski definition) is 2. The highest BCUT2D eigenvalue weighted by Gasteiger charge is 2.16. The first-order chi connectivity index (χ1) is 14.7. The van der Waals surface area contributed by atoms with E-state index in [0.717, 1.165) is 41.0 Å². The SMILES string of the molecule is O=C(CSc1nnc(Nc2ccc(Oc3ccccc3)cc2)s1)NC[C@@H]1CCCO1. The highest BCUT2D eigenvalue weighted by atomic mass is 32.2. The summed E-state index contributed by atoms with van der Waals surface area (Å²) in [7, 11) is 0. The van der Waals surface area contributed by atoms with Crippen LogP contribution in [0.15, 0.2) is 58.9 Å². The Labute approximate surface area is 183 Å². The van der Waals surface area contributed by atoms with E-state index in [1.807, 2.05) is 54.6 Å². The monoisotopic (exact) mass is 442 g/mol. The number of benzene rings is 2. The molecule has 4 rings (SSSR count). The third kappa shape index (κ3) is 6.19. The van der Waals surface area contributed by atoms with Crippen LogP contribution in [0, 0.1) is 0 Å². The molecule has 1 saturated heterocycles. The summed E-state index contributed by atoms with van der Waals surface area (Å²) in [6.45, 7) is 1.37. The lowest BCUT2D eigenvalue weighted by Gasteiger charge is -2.09. The molecule has 1 atom stereocenters. The first kappa shape index (κ1) is 20.6. The van der Waals surface area contributed by atoms with Crippen molar-refractivity contribution < 1.29 is 14.3 Å². The largest absolute Gasteiger partial charge is 0.457 e. The number of amides is 1. The average molecular weight is 443 g/mol. The van der Waals surface area contributed by atoms with Gasteiger partial charge in [0.25, 0.3) is 0 Å². The van der Waals surface area contributed by atoms with Gasteiger partial charge in [0.15, 0.2) is 4.34 Å². The lowest BCUT2D eigenvalue weighted by Crippen LogP contribution is -2.32. The van der Waals surface area contributed by atoms with Gasteiger partial charge in [0.05, 0.1) is 11.9 Å². The maximum atomic E-state index is 12.0. The van der Waals surface area contributed by atoms with E-state index >= 15 is 0 Å². The van der Waals surface area contributed by atoms with E-state index in [9.17, 15) is 4.79 Å². The summed E-state index contributed by atoms with van der Waals surface area (Å²) in [5, 5.41) is 15.1. The molecular formula is C21H22N4O3S2. The number of para-hydroxylation sites is 1. The van der Waals surface area contributed by atoms with Gasteiger partial charge >= 0.3 is 0 Å². The van der Waals surface area contributed by atoms with Crippen LogP contribution in [0.25, 0.3) is 0 Å². The molecule has 1 fully saturated rings. The van der Waals surface area contributed by atoms with Gasteiger partial charge < -0.3 is 20.1 Å². The fraction of sp³-hybridized carbons (Fsp3) is 0.286. The second-order valence-electron chi connectivity index (χ2n) is 6.67. The van der Waals surface area contributed by atoms with Crippen LogP contribution < -0.4 is 15.4 Å². The van der Waals surface area contributed by atoms with Crippen molar-refractivity contribution in [3.8, 4) is 11.5 Å². The highest BCUT2D eigenvalue weighted by Crippen LogP contribution is 2.29. The number of thioether (sulfide) groups is 1. The minimum absolute atomic E-state index is 0.0192. The molecule has 1 aliphatic heterocycles. The molecule has 2 aromatic carbocycles. The predicted octanol–water partition coefficient (Wildman–Crippen LogP) is 4.46. The van der Waals surface area contributed by atoms with E-state index in [2.05, 4.69) is 20.8 Å². The molecule has 1 amide bonds. The first-order valence-corrected chi connectivity index (χ1v) is 11.5. The average Bonchev–Trinajstić information content (AvgIpc) is 3.45. The normalized spacial score (nSPS) is 15.7. The molecule has 0 spiro atoms. The van der Waals surface area contributed by atoms with Crippen molar-refractivity contribution >= 4 is 39.8 Å². The van der Waals surface area contributed by atoms with Gasteiger partial charge in [-0.3, -0.25) is 4.79 Å². The summed E-state index contributed by atoms with van der Waals surface area (Å²) in [6.07, 6.45) is 2.23. The Hall–Kier alpha value is -2.62. The molecule has 2 N–H and O–H groups in total. The summed E-state index contributed by atoms with van der Waals surface area (Å²) in [6, 6.07) is 17.3. The standard InChI is InChI=1S/C21H22N4O3S2/c26-19(22-13-18-7-4-12-27-18)14-29-21-25-24-20(30-21)23-15-8-10-17(11-9-15)28-16-5-2-1-3-6-16/h1-3,5-6,8-11,18H,4,7,12-14H2,(H,22,26)(H,23,24)/t18-/m0/s1. The number of nitrogens with one attached hydrogen (secondary N) is 2. The molecule has 0 aliphatic carbocycles. The molecule has 1 aliphatic rings. The number of nitrogens with zero attached hydrogens (tertiary/aromatic N) is 2. The Bertz CT molecular complexity index is 944. The van der Waals surface area contributed by atoms with Gasteiger partial charge in [-0.25, -0.2) is 0 Å². The van der Waals surface area contributed by atoms with E-state index in [1.54, 1.807) is 0 Å². The highest BCUT2D eigenvalue weighted by molar-refractivity contribution is 8.01. The number of anilines is 2. The van der Waals surface area contributed by atoms with Gasteiger partial charge in [0.1, 0.15) is 11.5 Å². The molecule has 0 radical (unpaired) electrons. The van der Waals surface area contributed by atoms with Crippen LogP contribution in [0.4, 0.5) is 10.8 Å². The maximum absolute atomic E-state index is 12.0. The van der Waals surface area contributed by atoms with Crippen LogP contribution in [-0.2, 0) is 9.53 Å².